The summed E-state index contributed by atoms with van der Waals surface area (Å²) in [7, 11) is -3.43. The molecule has 2 heterocycles. The lowest BCUT2D eigenvalue weighted by molar-refractivity contribution is 0.404. The molecule has 2 unspecified atom stereocenters. The molecule has 4 nitrogen and oxygen atoms in total. The largest absolute Gasteiger partial charge is 0.330 e. The lowest BCUT2D eigenvalue weighted by Gasteiger charge is -2.20. The van der Waals surface area contributed by atoms with Gasteiger partial charge in [-0.25, -0.2) is 8.42 Å². The second-order valence-electron chi connectivity index (χ2n) is 4.45. The highest BCUT2D eigenvalue weighted by Crippen LogP contribution is 2.38. The van der Waals surface area contributed by atoms with Gasteiger partial charge in [-0.3, -0.25) is 0 Å². The van der Waals surface area contributed by atoms with E-state index in [1.165, 1.54) is 11.3 Å². The number of sulfonamides is 1. The van der Waals surface area contributed by atoms with E-state index in [2.05, 4.69) is 31.9 Å². The average Bonchev–Trinajstić information content (AvgIpc) is 2.82. The van der Waals surface area contributed by atoms with Gasteiger partial charge in [0.05, 0.1) is 7.57 Å². The van der Waals surface area contributed by atoms with Gasteiger partial charge in [-0.2, -0.15) is 4.31 Å². The van der Waals surface area contributed by atoms with Crippen LogP contribution in [-0.4, -0.2) is 31.9 Å². The summed E-state index contributed by atoms with van der Waals surface area (Å²) in [6.07, 6.45) is 0.832. The third kappa shape index (κ3) is 2.69. The van der Waals surface area contributed by atoms with E-state index >= 15 is 0 Å². The number of hydrogen-bond acceptors (Lipinski definition) is 4. The molecule has 0 spiro atoms. The maximum atomic E-state index is 12.6. The van der Waals surface area contributed by atoms with E-state index in [-0.39, 0.29) is 12.0 Å². The average molecular weight is 418 g/mol. The number of thiophene rings is 1. The van der Waals surface area contributed by atoms with Gasteiger partial charge in [0, 0.05) is 12.6 Å². The minimum atomic E-state index is -3.43. The Bertz CT molecular complexity index is 544. The van der Waals surface area contributed by atoms with Gasteiger partial charge in [0.25, 0.3) is 0 Å². The fourth-order valence-electron chi connectivity index (χ4n) is 2.24. The molecule has 0 bridgehead atoms. The zero-order valence-electron chi connectivity index (χ0n) is 9.77. The molecule has 0 radical (unpaired) electrons. The van der Waals surface area contributed by atoms with E-state index in [1.54, 1.807) is 10.4 Å². The van der Waals surface area contributed by atoms with E-state index in [0.717, 1.165) is 10.2 Å². The quantitative estimate of drug-likeness (QED) is 0.821. The number of halogens is 2. The van der Waals surface area contributed by atoms with Crippen molar-refractivity contribution in [1.29, 1.82) is 0 Å². The number of rotatable bonds is 3. The molecule has 18 heavy (non-hydrogen) atoms. The highest BCUT2D eigenvalue weighted by molar-refractivity contribution is 9.12. The Morgan fingerprint density at radius 2 is 2.22 bits per heavy atom. The molecular formula is C10H14Br2N2O2S2. The number of nitrogens with two attached hydrogens (primary N) is 1. The molecule has 1 aromatic rings. The van der Waals surface area contributed by atoms with Crippen LogP contribution in [0.3, 0.4) is 0 Å². The Hall–Kier alpha value is 0.530. The van der Waals surface area contributed by atoms with Crippen molar-refractivity contribution in [3.63, 3.8) is 0 Å². The van der Waals surface area contributed by atoms with Crippen molar-refractivity contribution >= 4 is 53.2 Å². The van der Waals surface area contributed by atoms with E-state index in [9.17, 15) is 8.42 Å². The molecule has 8 heteroatoms. The van der Waals surface area contributed by atoms with Gasteiger partial charge < -0.3 is 5.73 Å². The standard InChI is InChI=1S/C10H14Br2N2O2S2/c1-6-2-7(4-13)5-14(6)18(15,16)8-3-9(11)17-10(8)12/h3,6-7H,2,4-5,13H2,1H3. The molecule has 1 aliphatic heterocycles. The summed E-state index contributed by atoms with van der Waals surface area (Å²) in [6.45, 7) is 2.98. The molecule has 0 saturated carbocycles. The third-order valence-corrected chi connectivity index (χ3v) is 7.88. The monoisotopic (exact) mass is 416 g/mol. The molecule has 0 aromatic carbocycles. The second kappa shape index (κ2) is 5.49. The fourth-order valence-corrected chi connectivity index (χ4v) is 7.72. The van der Waals surface area contributed by atoms with E-state index in [1.807, 2.05) is 6.92 Å². The Labute approximate surface area is 128 Å². The highest BCUT2D eigenvalue weighted by Gasteiger charge is 2.38. The van der Waals surface area contributed by atoms with Crippen LogP contribution in [0.25, 0.3) is 0 Å². The van der Waals surface area contributed by atoms with Crippen LogP contribution >= 0.6 is 43.2 Å². The summed E-state index contributed by atoms with van der Waals surface area (Å²) in [5.41, 5.74) is 5.64. The molecule has 1 fully saturated rings. The summed E-state index contributed by atoms with van der Waals surface area (Å²) in [6, 6.07) is 1.65. The predicted molar refractivity (Wildman–Crippen MR) is 80.2 cm³/mol. The van der Waals surface area contributed by atoms with Gasteiger partial charge in [0.2, 0.25) is 10.0 Å². The summed E-state index contributed by atoms with van der Waals surface area (Å²) < 4.78 is 28.2. The Kier molecular flexibility index (Phi) is 4.56. The van der Waals surface area contributed by atoms with Crippen molar-refractivity contribution in [2.45, 2.75) is 24.3 Å². The molecular weight excluding hydrogens is 404 g/mol. The molecule has 0 amide bonds. The first kappa shape index (κ1) is 14.9. The van der Waals surface area contributed by atoms with Crippen LogP contribution in [0.4, 0.5) is 0 Å². The van der Waals surface area contributed by atoms with Crippen molar-refractivity contribution < 1.29 is 8.42 Å². The van der Waals surface area contributed by atoms with Crippen LogP contribution in [-0.2, 0) is 10.0 Å². The molecule has 1 aromatic heterocycles. The van der Waals surface area contributed by atoms with Crippen molar-refractivity contribution in [3.8, 4) is 0 Å². The Morgan fingerprint density at radius 3 is 2.67 bits per heavy atom. The lowest BCUT2D eigenvalue weighted by atomic mass is 10.1. The Morgan fingerprint density at radius 1 is 1.56 bits per heavy atom. The zero-order chi connectivity index (χ0) is 13.5. The summed E-state index contributed by atoms with van der Waals surface area (Å²) in [4.78, 5) is 0.337. The van der Waals surface area contributed by atoms with Crippen molar-refractivity contribution in [3.05, 3.63) is 13.6 Å². The van der Waals surface area contributed by atoms with Crippen LogP contribution in [0.15, 0.2) is 18.5 Å². The van der Waals surface area contributed by atoms with Gasteiger partial charge in [-0.1, -0.05) is 0 Å². The molecule has 1 saturated heterocycles. The minimum Gasteiger partial charge on any atom is -0.330 e. The first-order chi connectivity index (χ1) is 8.36. The molecule has 0 aliphatic carbocycles. The normalized spacial score (nSPS) is 25.8. The van der Waals surface area contributed by atoms with Crippen molar-refractivity contribution in [1.82, 2.24) is 4.31 Å². The van der Waals surface area contributed by atoms with Gasteiger partial charge in [-0.05, 0) is 63.7 Å². The van der Waals surface area contributed by atoms with Crippen LogP contribution in [0.2, 0.25) is 0 Å². The van der Waals surface area contributed by atoms with E-state index < -0.39 is 10.0 Å². The van der Waals surface area contributed by atoms with Gasteiger partial charge in [0.15, 0.2) is 0 Å². The van der Waals surface area contributed by atoms with Gasteiger partial charge in [0.1, 0.15) is 4.90 Å². The van der Waals surface area contributed by atoms with Crippen LogP contribution < -0.4 is 5.73 Å². The maximum absolute atomic E-state index is 12.6. The lowest BCUT2D eigenvalue weighted by Crippen LogP contribution is -2.34. The highest BCUT2D eigenvalue weighted by atomic mass is 79.9. The maximum Gasteiger partial charge on any atom is 0.245 e. The van der Waals surface area contributed by atoms with Crippen LogP contribution in [0.1, 0.15) is 13.3 Å². The van der Waals surface area contributed by atoms with Crippen molar-refractivity contribution in [2.75, 3.05) is 13.1 Å². The molecule has 2 atom stereocenters. The summed E-state index contributed by atoms with van der Waals surface area (Å²) in [5, 5.41) is 0. The number of hydrogen-bond donors (Lipinski definition) is 1. The summed E-state index contributed by atoms with van der Waals surface area (Å²) in [5.74, 6) is 0.260. The van der Waals surface area contributed by atoms with Gasteiger partial charge in [-0.15, -0.1) is 11.3 Å². The minimum absolute atomic E-state index is 0.00845. The van der Waals surface area contributed by atoms with Crippen molar-refractivity contribution in [2.24, 2.45) is 11.7 Å². The SMILES string of the molecule is CC1CC(CN)CN1S(=O)(=O)c1cc(Br)sc1Br. The third-order valence-electron chi connectivity index (χ3n) is 3.15. The molecule has 1 aliphatic rings. The van der Waals surface area contributed by atoms with Crippen LogP contribution in [0.5, 0.6) is 0 Å². The second-order valence-corrected chi connectivity index (χ2v) is 10.1. The first-order valence-electron chi connectivity index (χ1n) is 5.53. The number of nitrogens with zero attached hydrogens (tertiary/aromatic N) is 1. The van der Waals surface area contributed by atoms with Gasteiger partial charge >= 0.3 is 0 Å². The predicted octanol–water partition coefficient (Wildman–Crippen LogP) is 2.63. The van der Waals surface area contributed by atoms with Crippen LogP contribution in [0, 0.1) is 5.92 Å². The van der Waals surface area contributed by atoms with E-state index in [4.69, 9.17) is 5.73 Å². The smallest absolute Gasteiger partial charge is 0.245 e. The Balaban J connectivity index is 2.35. The summed E-state index contributed by atoms with van der Waals surface area (Å²) >= 11 is 7.99. The topological polar surface area (TPSA) is 63.4 Å². The molecule has 2 rings (SSSR count). The molecule has 2 N–H and O–H groups in total. The first-order valence-corrected chi connectivity index (χ1v) is 9.37. The zero-order valence-corrected chi connectivity index (χ0v) is 14.6. The molecule has 102 valence electrons. The fraction of sp³-hybridized carbons (Fsp3) is 0.600. The van der Waals surface area contributed by atoms with E-state index in [0.29, 0.717) is 21.8 Å².